The van der Waals surface area contributed by atoms with Crippen LogP contribution < -0.4 is 10.1 Å². The molecule has 6 nitrogen and oxygen atoms in total. The lowest BCUT2D eigenvalue weighted by atomic mass is 9.99. The fourth-order valence-corrected chi connectivity index (χ4v) is 2.41. The van der Waals surface area contributed by atoms with Crippen molar-refractivity contribution in [2.75, 3.05) is 19.8 Å². The molecular formula is C14H16BrNO5. The van der Waals surface area contributed by atoms with Crippen LogP contribution in [0.3, 0.4) is 0 Å². The van der Waals surface area contributed by atoms with E-state index in [1.807, 2.05) is 12.1 Å². The van der Waals surface area contributed by atoms with Crippen molar-refractivity contribution in [1.82, 2.24) is 5.32 Å². The highest BCUT2D eigenvalue weighted by molar-refractivity contribution is 9.10. The second-order valence-corrected chi connectivity index (χ2v) is 5.71. The highest BCUT2D eigenvalue weighted by Gasteiger charge is 2.43. The maximum Gasteiger partial charge on any atom is 0.331 e. The third kappa shape index (κ3) is 4.18. The first kappa shape index (κ1) is 15.8. The van der Waals surface area contributed by atoms with E-state index in [4.69, 9.17) is 9.47 Å². The van der Waals surface area contributed by atoms with Gasteiger partial charge in [0.15, 0.2) is 5.54 Å². The second kappa shape index (κ2) is 6.91. The molecule has 1 amide bonds. The van der Waals surface area contributed by atoms with Gasteiger partial charge in [0, 0.05) is 17.5 Å². The van der Waals surface area contributed by atoms with E-state index < -0.39 is 11.5 Å². The largest absolute Gasteiger partial charge is 0.493 e. The number of hydrogen-bond acceptors (Lipinski definition) is 4. The standard InChI is InChI=1S/C14H16BrNO5/c15-10-2-1-3-11(8-10)21-6-4-12(17)16-14(13(18)19)5-7-20-9-14/h1-3,8H,4-7,9H2,(H,16,17)(H,18,19). The Labute approximate surface area is 130 Å². The third-order valence-corrected chi connectivity index (χ3v) is 3.70. The van der Waals surface area contributed by atoms with E-state index >= 15 is 0 Å². The van der Waals surface area contributed by atoms with Gasteiger partial charge in [0.05, 0.1) is 19.6 Å². The lowest BCUT2D eigenvalue weighted by Crippen LogP contribution is -2.55. The van der Waals surface area contributed by atoms with Gasteiger partial charge in [-0.2, -0.15) is 0 Å². The SMILES string of the molecule is O=C(CCOc1cccc(Br)c1)NC1(C(=O)O)CCOC1. The third-order valence-electron chi connectivity index (χ3n) is 3.20. The molecule has 2 rings (SSSR count). The molecule has 2 N–H and O–H groups in total. The van der Waals surface area contributed by atoms with Gasteiger partial charge in [-0.1, -0.05) is 22.0 Å². The van der Waals surface area contributed by atoms with Crippen LogP contribution in [0.4, 0.5) is 0 Å². The van der Waals surface area contributed by atoms with Crippen molar-refractivity contribution in [3.05, 3.63) is 28.7 Å². The van der Waals surface area contributed by atoms with Gasteiger partial charge in [-0.3, -0.25) is 4.79 Å². The Hall–Kier alpha value is -1.60. The highest BCUT2D eigenvalue weighted by Crippen LogP contribution is 2.20. The van der Waals surface area contributed by atoms with Crippen LogP contribution in [0.5, 0.6) is 5.75 Å². The van der Waals surface area contributed by atoms with Crippen LogP contribution in [-0.2, 0) is 14.3 Å². The summed E-state index contributed by atoms with van der Waals surface area (Å²) in [5, 5.41) is 11.8. The van der Waals surface area contributed by atoms with Crippen molar-refractivity contribution in [1.29, 1.82) is 0 Å². The molecule has 21 heavy (non-hydrogen) atoms. The van der Waals surface area contributed by atoms with Crippen LogP contribution in [0.1, 0.15) is 12.8 Å². The maximum absolute atomic E-state index is 11.8. The lowest BCUT2D eigenvalue weighted by Gasteiger charge is -2.23. The van der Waals surface area contributed by atoms with Gasteiger partial charge in [-0.25, -0.2) is 4.79 Å². The summed E-state index contributed by atoms with van der Waals surface area (Å²) in [5.74, 6) is -0.784. The topological polar surface area (TPSA) is 84.9 Å². The molecule has 1 fully saturated rings. The number of amides is 1. The molecule has 0 spiro atoms. The number of rotatable bonds is 6. The van der Waals surface area contributed by atoms with Crippen LogP contribution in [0.2, 0.25) is 0 Å². The van der Waals surface area contributed by atoms with Gasteiger partial charge in [0.1, 0.15) is 5.75 Å². The number of nitrogens with one attached hydrogen (secondary N) is 1. The summed E-state index contributed by atoms with van der Waals surface area (Å²) in [6.45, 7) is 0.514. The van der Waals surface area contributed by atoms with E-state index in [1.165, 1.54) is 0 Å². The summed E-state index contributed by atoms with van der Waals surface area (Å²) in [6.07, 6.45) is 0.363. The number of aliphatic carboxylic acids is 1. The van der Waals surface area contributed by atoms with Gasteiger partial charge in [0.25, 0.3) is 0 Å². The minimum Gasteiger partial charge on any atom is -0.493 e. The van der Waals surface area contributed by atoms with E-state index in [1.54, 1.807) is 12.1 Å². The summed E-state index contributed by atoms with van der Waals surface area (Å²) < 4.78 is 11.4. The van der Waals surface area contributed by atoms with Crippen molar-refractivity contribution in [3.8, 4) is 5.75 Å². The quantitative estimate of drug-likeness (QED) is 0.807. The molecule has 1 heterocycles. The Bertz CT molecular complexity index is 528. The van der Waals surface area contributed by atoms with Gasteiger partial charge in [-0.05, 0) is 18.2 Å². The van der Waals surface area contributed by atoms with Gasteiger partial charge in [0.2, 0.25) is 5.91 Å². The lowest BCUT2D eigenvalue weighted by molar-refractivity contribution is -0.147. The molecule has 1 atom stereocenters. The molecule has 1 aromatic rings. The van der Waals surface area contributed by atoms with Gasteiger partial charge in [-0.15, -0.1) is 0 Å². The monoisotopic (exact) mass is 357 g/mol. The predicted octanol–water partition coefficient (Wildman–Crippen LogP) is 1.58. The smallest absolute Gasteiger partial charge is 0.331 e. The van der Waals surface area contributed by atoms with E-state index in [2.05, 4.69) is 21.2 Å². The molecule has 0 aliphatic carbocycles. The Kier molecular flexibility index (Phi) is 5.19. The summed E-state index contributed by atoms with van der Waals surface area (Å²) in [5.41, 5.74) is -1.30. The zero-order valence-corrected chi connectivity index (χ0v) is 12.9. The van der Waals surface area contributed by atoms with Crippen molar-refractivity contribution >= 4 is 27.8 Å². The number of carboxylic acids is 1. The van der Waals surface area contributed by atoms with Crippen LogP contribution >= 0.6 is 15.9 Å². The average molecular weight is 358 g/mol. The number of carbonyl (C=O) groups excluding carboxylic acids is 1. The van der Waals surface area contributed by atoms with Gasteiger partial charge >= 0.3 is 5.97 Å². The minimum atomic E-state index is -1.30. The zero-order valence-electron chi connectivity index (χ0n) is 11.3. The summed E-state index contributed by atoms with van der Waals surface area (Å²) in [7, 11) is 0. The Morgan fingerprint density at radius 1 is 1.48 bits per heavy atom. The number of hydrogen-bond donors (Lipinski definition) is 2. The normalized spacial score (nSPS) is 21.0. The molecule has 1 aromatic carbocycles. The number of halogens is 1. The summed E-state index contributed by atoms with van der Waals surface area (Å²) in [4.78, 5) is 23.1. The first-order chi connectivity index (χ1) is 10.0. The predicted molar refractivity (Wildman–Crippen MR) is 78.2 cm³/mol. The molecule has 1 unspecified atom stereocenters. The zero-order chi connectivity index (χ0) is 15.3. The first-order valence-corrected chi connectivity index (χ1v) is 7.32. The fourth-order valence-electron chi connectivity index (χ4n) is 2.03. The van der Waals surface area contributed by atoms with E-state index in [-0.39, 0.29) is 32.0 Å². The molecule has 0 radical (unpaired) electrons. The maximum atomic E-state index is 11.8. The molecular weight excluding hydrogens is 342 g/mol. The number of ether oxygens (including phenoxy) is 2. The van der Waals surface area contributed by atoms with Crippen molar-refractivity contribution in [2.24, 2.45) is 0 Å². The van der Waals surface area contributed by atoms with E-state index in [9.17, 15) is 14.7 Å². The molecule has 1 saturated heterocycles. The van der Waals surface area contributed by atoms with Crippen molar-refractivity contribution in [3.63, 3.8) is 0 Å². The average Bonchev–Trinajstić information content (AvgIpc) is 2.88. The van der Waals surface area contributed by atoms with Gasteiger partial charge < -0.3 is 19.9 Å². The first-order valence-electron chi connectivity index (χ1n) is 6.52. The molecule has 0 bridgehead atoms. The van der Waals surface area contributed by atoms with E-state index in [0.717, 1.165) is 4.47 Å². The Balaban J connectivity index is 1.81. The van der Waals surface area contributed by atoms with Crippen LogP contribution in [0.25, 0.3) is 0 Å². The molecule has 0 saturated carbocycles. The highest BCUT2D eigenvalue weighted by atomic mass is 79.9. The molecule has 1 aliphatic heterocycles. The summed E-state index contributed by atoms with van der Waals surface area (Å²) >= 11 is 3.33. The molecule has 1 aliphatic rings. The molecule has 7 heteroatoms. The molecule has 114 valence electrons. The Morgan fingerprint density at radius 3 is 2.90 bits per heavy atom. The second-order valence-electron chi connectivity index (χ2n) is 4.79. The van der Waals surface area contributed by atoms with Crippen molar-refractivity contribution in [2.45, 2.75) is 18.4 Å². The summed E-state index contributed by atoms with van der Waals surface area (Å²) in [6, 6.07) is 7.28. The number of benzene rings is 1. The number of carboxylic acid groups (broad SMARTS) is 1. The number of carbonyl (C=O) groups is 2. The van der Waals surface area contributed by atoms with Crippen LogP contribution in [0, 0.1) is 0 Å². The van der Waals surface area contributed by atoms with E-state index in [0.29, 0.717) is 12.4 Å². The molecule has 0 aromatic heterocycles. The Morgan fingerprint density at radius 2 is 2.29 bits per heavy atom. The fraction of sp³-hybridized carbons (Fsp3) is 0.429. The van der Waals surface area contributed by atoms with Crippen LogP contribution in [-0.4, -0.2) is 42.3 Å². The minimum absolute atomic E-state index is 0.000558. The van der Waals surface area contributed by atoms with Crippen LogP contribution in [0.15, 0.2) is 28.7 Å². The van der Waals surface area contributed by atoms with Crippen molar-refractivity contribution < 1.29 is 24.2 Å².